The van der Waals surface area contributed by atoms with E-state index >= 15 is 0 Å². The van der Waals surface area contributed by atoms with Crippen molar-refractivity contribution in [2.75, 3.05) is 23.9 Å². The number of thioether (sulfide) groups is 1. The maximum atomic E-state index is 13.1. The number of thiocarbonyl (C=S) groups is 1. The molecule has 3 aromatic rings. The van der Waals surface area contributed by atoms with E-state index in [2.05, 4.69) is 12.2 Å². The summed E-state index contributed by atoms with van der Waals surface area (Å²) in [4.78, 5) is 27.6. The van der Waals surface area contributed by atoms with Crippen molar-refractivity contribution in [3.8, 4) is 11.5 Å². The first-order chi connectivity index (χ1) is 17.8. The normalized spacial score (nSPS) is 14.3. The van der Waals surface area contributed by atoms with Crippen LogP contribution in [0.2, 0.25) is 5.02 Å². The summed E-state index contributed by atoms with van der Waals surface area (Å²) < 4.78 is 11.6. The number of carbonyl (C=O) groups excluding carboxylic acids is 2. The van der Waals surface area contributed by atoms with Crippen molar-refractivity contribution < 1.29 is 19.1 Å². The largest absolute Gasteiger partial charge is 0.493 e. The number of hydrogen-bond donors (Lipinski definition) is 1. The predicted octanol–water partition coefficient (Wildman–Crippen LogP) is 6.64. The minimum Gasteiger partial charge on any atom is -0.493 e. The third-order valence-electron chi connectivity index (χ3n) is 5.78. The van der Waals surface area contributed by atoms with Gasteiger partial charge in [-0.2, -0.15) is 0 Å². The number of amides is 2. The second kappa shape index (κ2) is 11.8. The molecule has 0 spiro atoms. The van der Waals surface area contributed by atoms with Gasteiger partial charge in [-0.15, -0.1) is 0 Å². The first-order valence-electron chi connectivity index (χ1n) is 11.5. The number of halogens is 1. The van der Waals surface area contributed by atoms with Crippen LogP contribution in [0.15, 0.2) is 65.6 Å². The van der Waals surface area contributed by atoms with Crippen molar-refractivity contribution in [1.29, 1.82) is 0 Å². The smallest absolute Gasteiger partial charge is 0.270 e. The lowest BCUT2D eigenvalue weighted by atomic mass is 10.1. The average Bonchev–Trinajstić information content (AvgIpc) is 3.18. The Hall–Kier alpha value is -3.33. The summed E-state index contributed by atoms with van der Waals surface area (Å²) in [5.74, 6) is 0.339. The van der Waals surface area contributed by atoms with Gasteiger partial charge in [-0.1, -0.05) is 66.8 Å². The summed E-state index contributed by atoms with van der Waals surface area (Å²) in [7, 11) is 1.51. The molecule has 0 atom stereocenters. The van der Waals surface area contributed by atoms with Crippen molar-refractivity contribution >= 4 is 69.2 Å². The molecule has 3 aromatic carbocycles. The Morgan fingerprint density at radius 3 is 2.59 bits per heavy atom. The molecular weight excluding hydrogens is 528 g/mol. The van der Waals surface area contributed by atoms with E-state index in [9.17, 15) is 9.59 Å². The molecule has 0 saturated carbocycles. The highest BCUT2D eigenvalue weighted by atomic mass is 35.5. The van der Waals surface area contributed by atoms with Crippen LogP contribution in [0.4, 0.5) is 11.4 Å². The van der Waals surface area contributed by atoms with Crippen LogP contribution >= 0.6 is 35.6 Å². The molecule has 1 heterocycles. The van der Waals surface area contributed by atoms with Gasteiger partial charge in [-0.3, -0.25) is 14.5 Å². The Bertz CT molecular complexity index is 1390. The molecule has 1 aliphatic rings. The highest BCUT2D eigenvalue weighted by molar-refractivity contribution is 8.27. The summed E-state index contributed by atoms with van der Waals surface area (Å²) in [5.41, 5.74) is 4.08. The Balaban J connectivity index is 1.45. The molecule has 0 aliphatic carbocycles. The summed E-state index contributed by atoms with van der Waals surface area (Å²) in [6, 6.07) is 18.4. The third-order valence-corrected chi connectivity index (χ3v) is 7.49. The second-order valence-corrected chi connectivity index (χ2v) is 10.3. The lowest BCUT2D eigenvalue weighted by Gasteiger charge is -2.14. The molecule has 1 aliphatic heterocycles. The standard InChI is InChI=1S/C28H25ClN2O4S2/c1-4-18-8-11-20(12-9-18)31-27(33)25(37-28(31)36)15-19-10-13-23(24(14-19)34-3)35-16-26(32)30-22-7-5-6-21(29)17(22)2/h5-15H,4,16H2,1-3H3,(H,30,32)/b25-15-. The van der Waals surface area contributed by atoms with Crippen LogP contribution in [0.3, 0.4) is 0 Å². The van der Waals surface area contributed by atoms with Gasteiger partial charge in [0.05, 0.1) is 17.7 Å². The number of hydrogen-bond acceptors (Lipinski definition) is 6. The fourth-order valence-corrected chi connectivity index (χ4v) is 5.16. The fourth-order valence-electron chi connectivity index (χ4n) is 3.69. The van der Waals surface area contributed by atoms with Gasteiger partial charge in [0.25, 0.3) is 11.8 Å². The molecular formula is C28H25ClN2O4S2. The summed E-state index contributed by atoms with van der Waals surface area (Å²) in [5, 5.41) is 3.37. The van der Waals surface area contributed by atoms with Gasteiger partial charge in [0.15, 0.2) is 22.4 Å². The molecule has 9 heteroatoms. The zero-order valence-electron chi connectivity index (χ0n) is 20.5. The predicted molar refractivity (Wildman–Crippen MR) is 155 cm³/mol. The third kappa shape index (κ3) is 6.15. The van der Waals surface area contributed by atoms with Crippen LogP contribution in [-0.2, 0) is 16.0 Å². The number of benzene rings is 3. The van der Waals surface area contributed by atoms with E-state index in [0.29, 0.717) is 31.4 Å². The van der Waals surface area contributed by atoms with Gasteiger partial charge >= 0.3 is 0 Å². The number of aryl methyl sites for hydroxylation is 1. The Labute approximate surface area is 230 Å². The average molecular weight is 553 g/mol. The maximum absolute atomic E-state index is 13.1. The molecule has 4 rings (SSSR count). The number of nitrogens with one attached hydrogen (secondary N) is 1. The van der Waals surface area contributed by atoms with Crippen molar-refractivity contribution in [3.63, 3.8) is 0 Å². The van der Waals surface area contributed by atoms with E-state index < -0.39 is 0 Å². The Kier molecular flexibility index (Phi) is 8.53. The zero-order chi connectivity index (χ0) is 26.5. The van der Waals surface area contributed by atoms with Gasteiger partial charge in [0.1, 0.15) is 0 Å². The number of carbonyl (C=O) groups is 2. The zero-order valence-corrected chi connectivity index (χ0v) is 22.9. The van der Waals surface area contributed by atoms with E-state index in [1.165, 1.54) is 24.4 Å². The maximum Gasteiger partial charge on any atom is 0.270 e. The van der Waals surface area contributed by atoms with E-state index in [1.807, 2.05) is 31.2 Å². The van der Waals surface area contributed by atoms with Crippen molar-refractivity contribution in [2.24, 2.45) is 0 Å². The van der Waals surface area contributed by atoms with Gasteiger partial charge < -0.3 is 14.8 Å². The van der Waals surface area contributed by atoms with Crippen LogP contribution < -0.4 is 19.7 Å². The minimum absolute atomic E-state index is 0.175. The molecule has 2 amide bonds. The Morgan fingerprint density at radius 1 is 1.14 bits per heavy atom. The molecule has 37 heavy (non-hydrogen) atoms. The van der Waals surface area contributed by atoms with Gasteiger partial charge in [-0.05, 0) is 72.5 Å². The quantitative estimate of drug-likeness (QED) is 0.249. The highest BCUT2D eigenvalue weighted by Gasteiger charge is 2.33. The van der Waals surface area contributed by atoms with Crippen molar-refractivity contribution in [1.82, 2.24) is 0 Å². The van der Waals surface area contributed by atoms with E-state index in [-0.39, 0.29) is 18.4 Å². The van der Waals surface area contributed by atoms with Crippen LogP contribution in [0.1, 0.15) is 23.6 Å². The summed E-state index contributed by atoms with van der Waals surface area (Å²) >= 11 is 12.8. The van der Waals surface area contributed by atoms with E-state index in [1.54, 1.807) is 47.4 Å². The fraction of sp³-hybridized carbons (Fsp3) is 0.179. The molecule has 1 saturated heterocycles. The van der Waals surface area contributed by atoms with Crippen LogP contribution in [-0.4, -0.2) is 29.9 Å². The number of ether oxygens (including phenoxy) is 2. The number of anilines is 2. The lowest BCUT2D eigenvalue weighted by molar-refractivity contribution is -0.118. The molecule has 6 nitrogen and oxygen atoms in total. The number of methoxy groups -OCH3 is 1. The van der Waals surface area contributed by atoms with Crippen LogP contribution in [0, 0.1) is 6.92 Å². The number of nitrogens with zero attached hydrogens (tertiary/aromatic N) is 1. The molecule has 0 unspecified atom stereocenters. The summed E-state index contributed by atoms with van der Waals surface area (Å²) in [6.45, 7) is 3.70. The monoisotopic (exact) mass is 552 g/mol. The van der Waals surface area contributed by atoms with Gasteiger partial charge in [-0.25, -0.2) is 0 Å². The topological polar surface area (TPSA) is 67.9 Å². The molecule has 0 aromatic heterocycles. The minimum atomic E-state index is -0.327. The SMILES string of the molecule is CCc1ccc(N2C(=O)/C(=C/c3ccc(OCC(=O)Nc4cccc(Cl)c4C)c(OC)c3)SC2=S)cc1. The molecule has 1 N–H and O–H groups in total. The highest BCUT2D eigenvalue weighted by Crippen LogP contribution is 2.37. The van der Waals surface area contributed by atoms with Crippen LogP contribution in [0.25, 0.3) is 6.08 Å². The van der Waals surface area contributed by atoms with Crippen molar-refractivity contribution in [2.45, 2.75) is 20.3 Å². The van der Waals surface area contributed by atoms with E-state index in [0.717, 1.165) is 23.2 Å². The molecule has 190 valence electrons. The Morgan fingerprint density at radius 2 is 1.89 bits per heavy atom. The van der Waals surface area contributed by atoms with E-state index in [4.69, 9.17) is 33.3 Å². The lowest BCUT2D eigenvalue weighted by Crippen LogP contribution is -2.27. The number of rotatable bonds is 8. The van der Waals surface area contributed by atoms with Crippen LogP contribution in [0.5, 0.6) is 11.5 Å². The van der Waals surface area contributed by atoms with Crippen molar-refractivity contribution in [3.05, 3.63) is 87.3 Å². The second-order valence-electron chi connectivity index (χ2n) is 8.20. The first-order valence-corrected chi connectivity index (χ1v) is 13.1. The summed E-state index contributed by atoms with van der Waals surface area (Å²) in [6.07, 6.45) is 2.69. The molecule has 0 bridgehead atoms. The van der Waals surface area contributed by atoms with Gasteiger partial charge in [0, 0.05) is 10.7 Å². The van der Waals surface area contributed by atoms with Gasteiger partial charge in [0.2, 0.25) is 0 Å². The first kappa shape index (κ1) is 26.7. The molecule has 0 radical (unpaired) electrons. The molecule has 1 fully saturated rings.